The first-order valence-corrected chi connectivity index (χ1v) is 3.42. The maximum Gasteiger partial charge on any atom is 0.134 e. The van der Waals surface area contributed by atoms with E-state index in [1.54, 1.807) is 18.6 Å². The summed E-state index contributed by atoms with van der Waals surface area (Å²) in [4.78, 5) is 7.73. The summed E-state index contributed by atoms with van der Waals surface area (Å²) in [7, 11) is 0. The second kappa shape index (κ2) is 2.61. The molecule has 2 rings (SSSR count). The Balaban J connectivity index is 2.55. The zero-order chi connectivity index (χ0) is 8.39. The average molecular weight is 161 g/mol. The molecule has 0 atom stereocenters. The molecule has 2 heterocycles. The third-order valence-electron chi connectivity index (χ3n) is 1.55. The number of nitrogens with two attached hydrogens (primary N) is 1. The first-order chi connectivity index (χ1) is 5.88. The fraction of sp³-hybridized carbons (Fsp3) is 0. The molecule has 60 valence electrons. The standard InChI is InChI=1S/C7H7N5/c8-7-6(3-9-4-10-7)5-1-11-12-2-5/h1-4H,(H,11,12)(H2,8,9,10). The van der Waals surface area contributed by atoms with Crippen LogP contribution >= 0.6 is 0 Å². The zero-order valence-corrected chi connectivity index (χ0v) is 6.23. The van der Waals surface area contributed by atoms with Gasteiger partial charge in [0.15, 0.2) is 0 Å². The second-order valence-electron chi connectivity index (χ2n) is 2.31. The van der Waals surface area contributed by atoms with Crippen LogP contribution in [0.2, 0.25) is 0 Å². The Morgan fingerprint density at radius 3 is 2.92 bits per heavy atom. The quantitative estimate of drug-likeness (QED) is 0.636. The van der Waals surface area contributed by atoms with Gasteiger partial charge in [-0.1, -0.05) is 0 Å². The van der Waals surface area contributed by atoms with Crippen LogP contribution in [0.25, 0.3) is 11.1 Å². The van der Waals surface area contributed by atoms with Gasteiger partial charge in [-0.15, -0.1) is 0 Å². The zero-order valence-electron chi connectivity index (χ0n) is 6.23. The topological polar surface area (TPSA) is 80.5 Å². The largest absolute Gasteiger partial charge is 0.383 e. The Hall–Kier alpha value is -1.91. The molecule has 0 fully saturated rings. The molecule has 2 aromatic rings. The summed E-state index contributed by atoms with van der Waals surface area (Å²) in [6.07, 6.45) is 6.50. The second-order valence-corrected chi connectivity index (χ2v) is 2.31. The van der Waals surface area contributed by atoms with Crippen LogP contribution in [0.5, 0.6) is 0 Å². The van der Waals surface area contributed by atoms with E-state index in [9.17, 15) is 0 Å². The van der Waals surface area contributed by atoms with Gasteiger partial charge in [-0.2, -0.15) is 5.10 Å². The van der Waals surface area contributed by atoms with Crippen molar-refractivity contribution in [3.8, 4) is 11.1 Å². The van der Waals surface area contributed by atoms with Gasteiger partial charge >= 0.3 is 0 Å². The van der Waals surface area contributed by atoms with E-state index in [1.807, 2.05) is 0 Å². The maximum absolute atomic E-state index is 5.62. The van der Waals surface area contributed by atoms with E-state index in [-0.39, 0.29) is 0 Å². The molecular formula is C7H7N5. The highest BCUT2D eigenvalue weighted by molar-refractivity contribution is 5.71. The van der Waals surface area contributed by atoms with Crippen LogP contribution in [0, 0.1) is 0 Å². The molecule has 3 N–H and O–H groups in total. The Labute approximate surface area is 68.7 Å². The lowest BCUT2D eigenvalue weighted by atomic mass is 10.2. The lowest BCUT2D eigenvalue weighted by Gasteiger charge is -1.97. The lowest BCUT2D eigenvalue weighted by Crippen LogP contribution is -1.93. The van der Waals surface area contributed by atoms with Crippen molar-refractivity contribution in [1.29, 1.82) is 0 Å². The average Bonchev–Trinajstić information content (AvgIpc) is 2.57. The molecule has 0 unspecified atom stereocenters. The molecule has 0 bridgehead atoms. The summed E-state index contributed by atoms with van der Waals surface area (Å²) >= 11 is 0. The molecule has 0 saturated heterocycles. The number of anilines is 1. The van der Waals surface area contributed by atoms with Crippen molar-refractivity contribution in [2.75, 3.05) is 5.73 Å². The van der Waals surface area contributed by atoms with E-state index >= 15 is 0 Å². The molecule has 0 aliphatic carbocycles. The molecule has 0 spiro atoms. The predicted octanol–water partition coefficient (Wildman–Crippen LogP) is 0.449. The minimum atomic E-state index is 0.464. The molecule has 2 aromatic heterocycles. The van der Waals surface area contributed by atoms with Crippen molar-refractivity contribution in [3.05, 3.63) is 24.9 Å². The number of H-pyrrole nitrogens is 1. The first-order valence-electron chi connectivity index (χ1n) is 3.42. The lowest BCUT2D eigenvalue weighted by molar-refractivity contribution is 1.09. The molecule has 0 aliphatic rings. The number of aromatic amines is 1. The van der Waals surface area contributed by atoms with Gasteiger partial charge in [0.05, 0.1) is 6.20 Å². The first kappa shape index (κ1) is 6.78. The van der Waals surface area contributed by atoms with Crippen molar-refractivity contribution in [2.45, 2.75) is 0 Å². The molecule has 5 heteroatoms. The van der Waals surface area contributed by atoms with Gasteiger partial charge in [0, 0.05) is 23.5 Å². The van der Waals surface area contributed by atoms with Gasteiger partial charge in [-0.3, -0.25) is 5.10 Å². The summed E-state index contributed by atoms with van der Waals surface area (Å²) in [6, 6.07) is 0. The summed E-state index contributed by atoms with van der Waals surface area (Å²) in [6.45, 7) is 0. The Morgan fingerprint density at radius 1 is 1.33 bits per heavy atom. The number of hydrogen-bond acceptors (Lipinski definition) is 4. The van der Waals surface area contributed by atoms with E-state index in [1.165, 1.54) is 6.33 Å². The highest BCUT2D eigenvalue weighted by atomic mass is 15.1. The summed E-state index contributed by atoms with van der Waals surface area (Å²) in [5, 5.41) is 6.50. The van der Waals surface area contributed by atoms with Crippen LogP contribution in [0.4, 0.5) is 5.82 Å². The molecular weight excluding hydrogens is 154 g/mol. The van der Waals surface area contributed by atoms with Gasteiger partial charge in [-0.05, 0) is 0 Å². The van der Waals surface area contributed by atoms with Gasteiger partial charge in [0.2, 0.25) is 0 Å². The normalized spacial score (nSPS) is 10.0. The minimum Gasteiger partial charge on any atom is -0.383 e. The van der Waals surface area contributed by atoms with Gasteiger partial charge in [-0.25, -0.2) is 9.97 Å². The molecule has 0 amide bonds. The number of nitrogens with one attached hydrogen (secondary N) is 1. The third-order valence-corrected chi connectivity index (χ3v) is 1.55. The van der Waals surface area contributed by atoms with Gasteiger partial charge < -0.3 is 5.73 Å². The van der Waals surface area contributed by atoms with Crippen LogP contribution in [0.15, 0.2) is 24.9 Å². The molecule has 0 aromatic carbocycles. The maximum atomic E-state index is 5.62. The van der Waals surface area contributed by atoms with E-state index in [2.05, 4.69) is 20.2 Å². The summed E-state index contributed by atoms with van der Waals surface area (Å²) < 4.78 is 0. The fourth-order valence-corrected chi connectivity index (χ4v) is 0.960. The van der Waals surface area contributed by atoms with E-state index in [0.717, 1.165) is 11.1 Å². The monoisotopic (exact) mass is 161 g/mol. The summed E-state index contributed by atoms with van der Waals surface area (Å²) in [5.41, 5.74) is 7.31. The SMILES string of the molecule is Nc1ncncc1-c1cn[nH]c1. The van der Waals surface area contributed by atoms with Crippen LogP contribution in [0.1, 0.15) is 0 Å². The number of hydrogen-bond donors (Lipinski definition) is 2. The Bertz CT molecular complexity index is 367. The number of nitrogens with zero attached hydrogens (tertiary/aromatic N) is 3. The number of rotatable bonds is 1. The van der Waals surface area contributed by atoms with Crippen LogP contribution in [-0.2, 0) is 0 Å². The van der Waals surface area contributed by atoms with Crippen LogP contribution < -0.4 is 5.73 Å². The van der Waals surface area contributed by atoms with E-state index in [0.29, 0.717) is 5.82 Å². The fourth-order valence-electron chi connectivity index (χ4n) is 0.960. The van der Waals surface area contributed by atoms with Crippen molar-refractivity contribution in [1.82, 2.24) is 20.2 Å². The predicted molar refractivity (Wildman–Crippen MR) is 44.0 cm³/mol. The van der Waals surface area contributed by atoms with Crippen LogP contribution in [-0.4, -0.2) is 20.2 Å². The van der Waals surface area contributed by atoms with Crippen molar-refractivity contribution in [2.24, 2.45) is 0 Å². The molecule has 0 saturated carbocycles. The number of nitrogen functional groups attached to an aromatic ring is 1. The summed E-state index contributed by atoms with van der Waals surface area (Å²) in [5.74, 6) is 0.464. The van der Waals surface area contributed by atoms with Crippen molar-refractivity contribution < 1.29 is 0 Å². The number of aromatic nitrogens is 4. The van der Waals surface area contributed by atoms with E-state index < -0.39 is 0 Å². The molecule has 0 radical (unpaired) electrons. The van der Waals surface area contributed by atoms with Crippen LogP contribution in [0.3, 0.4) is 0 Å². The van der Waals surface area contributed by atoms with Crippen molar-refractivity contribution >= 4 is 5.82 Å². The van der Waals surface area contributed by atoms with Crippen molar-refractivity contribution in [3.63, 3.8) is 0 Å². The molecule has 5 nitrogen and oxygen atoms in total. The van der Waals surface area contributed by atoms with Gasteiger partial charge in [0.25, 0.3) is 0 Å². The van der Waals surface area contributed by atoms with Gasteiger partial charge in [0.1, 0.15) is 12.1 Å². The highest BCUT2D eigenvalue weighted by Gasteiger charge is 2.02. The Morgan fingerprint density at radius 2 is 2.25 bits per heavy atom. The van der Waals surface area contributed by atoms with E-state index in [4.69, 9.17) is 5.73 Å². The minimum absolute atomic E-state index is 0.464. The molecule has 12 heavy (non-hydrogen) atoms. The third kappa shape index (κ3) is 1.01. The molecule has 0 aliphatic heterocycles. The highest BCUT2D eigenvalue weighted by Crippen LogP contribution is 2.20. The Kier molecular flexibility index (Phi) is 1.48. The smallest absolute Gasteiger partial charge is 0.134 e.